The number of esters is 1. The van der Waals surface area contributed by atoms with E-state index in [4.69, 9.17) is 37.4 Å². The second-order valence-electron chi connectivity index (χ2n) is 6.23. The molecule has 1 heterocycles. The van der Waals surface area contributed by atoms with Crippen LogP contribution in [-0.2, 0) is 20.9 Å². The third kappa shape index (κ3) is 7.47. The van der Waals surface area contributed by atoms with Crippen molar-refractivity contribution in [3.05, 3.63) is 82.5 Å². The molecule has 0 radical (unpaired) electrons. The molecule has 9 heteroatoms. The van der Waals surface area contributed by atoms with Crippen LogP contribution in [-0.4, -0.2) is 30.1 Å². The monoisotopic (exact) mass is 460 g/mol. The van der Waals surface area contributed by atoms with E-state index >= 15 is 0 Å². The fourth-order valence-corrected chi connectivity index (χ4v) is 2.80. The topological polar surface area (TPSA) is 86.8 Å². The maximum Gasteiger partial charge on any atom is 0.344 e. The van der Waals surface area contributed by atoms with Gasteiger partial charge in [-0.1, -0.05) is 53.5 Å². The van der Waals surface area contributed by atoms with Gasteiger partial charge >= 0.3 is 5.97 Å². The smallest absolute Gasteiger partial charge is 0.344 e. The SMILES string of the molecule is O=C(COC(=O)COc1ccc(OCc2ccccc2)cc1)Nc1ncc(Cl)cc1Cl. The second kappa shape index (κ2) is 11.2. The fraction of sp³-hybridized carbons (Fsp3) is 0.136. The molecule has 0 aliphatic heterocycles. The summed E-state index contributed by atoms with van der Waals surface area (Å²) in [6, 6.07) is 18.0. The predicted octanol–water partition coefficient (Wildman–Crippen LogP) is 4.53. The number of nitrogens with zero attached hydrogens (tertiary/aromatic N) is 1. The molecular formula is C22H18Cl2N2O5. The molecule has 0 bridgehead atoms. The van der Waals surface area contributed by atoms with Crippen molar-refractivity contribution in [2.24, 2.45) is 0 Å². The van der Waals surface area contributed by atoms with Gasteiger partial charge in [0.25, 0.3) is 5.91 Å². The van der Waals surface area contributed by atoms with Crippen LogP contribution in [0.2, 0.25) is 10.0 Å². The molecule has 3 aromatic rings. The third-order valence-electron chi connectivity index (χ3n) is 3.86. The molecule has 0 aliphatic rings. The molecule has 0 unspecified atom stereocenters. The van der Waals surface area contributed by atoms with Gasteiger partial charge in [-0.15, -0.1) is 0 Å². The number of benzene rings is 2. The summed E-state index contributed by atoms with van der Waals surface area (Å²) >= 11 is 11.7. The number of halogens is 2. The first kappa shape index (κ1) is 22.4. The number of anilines is 1. The first-order chi connectivity index (χ1) is 15.0. The molecule has 0 saturated carbocycles. The van der Waals surface area contributed by atoms with Crippen molar-refractivity contribution in [3.8, 4) is 11.5 Å². The zero-order chi connectivity index (χ0) is 22.1. The van der Waals surface area contributed by atoms with E-state index in [0.717, 1.165) is 5.56 Å². The Kier molecular flexibility index (Phi) is 8.09. The fourth-order valence-electron chi connectivity index (χ4n) is 2.38. The molecule has 31 heavy (non-hydrogen) atoms. The van der Waals surface area contributed by atoms with E-state index in [-0.39, 0.29) is 17.4 Å². The van der Waals surface area contributed by atoms with Crippen molar-refractivity contribution in [2.45, 2.75) is 6.61 Å². The Morgan fingerprint density at radius 2 is 1.58 bits per heavy atom. The van der Waals surface area contributed by atoms with Crippen molar-refractivity contribution >= 4 is 40.9 Å². The number of amides is 1. The van der Waals surface area contributed by atoms with Crippen LogP contribution in [0.4, 0.5) is 5.82 Å². The van der Waals surface area contributed by atoms with E-state index in [1.54, 1.807) is 24.3 Å². The Morgan fingerprint density at radius 1 is 0.903 bits per heavy atom. The molecule has 1 amide bonds. The van der Waals surface area contributed by atoms with E-state index in [0.29, 0.717) is 23.1 Å². The van der Waals surface area contributed by atoms with E-state index in [9.17, 15) is 9.59 Å². The van der Waals surface area contributed by atoms with Crippen LogP contribution >= 0.6 is 23.2 Å². The molecule has 3 rings (SSSR count). The van der Waals surface area contributed by atoms with E-state index in [1.165, 1.54) is 12.3 Å². The zero-order valence-corrected chi connectivity index (χ0v) is 17.7. The van der Waals surface area contributed by atoms with Gasteiger partial charge in [0.15, 0.2) is 19.0 Å². The Labute approximate surface area is 188 Å². The number of hydrogen-bond acceptors (Lipinski definition) is 6. The molecule has 160 valence electrons. The minimum Gasteiger partial charge on any atom is -0.489 e. The number of aromatic nitrogens is 1. The number of pyridine rings is 1. The van der Waals surface area contributed by atoms with Crippen LogP contribution in [0.3, 0.4) is 0 Å². The highest BCUT2D eigenvalue weighted by atomic mass is 35.5. The van der Waals surface area contributed by atoms with Gasteiger partial charge in [0, 0.05) is 6.20 Å². The maximum atomic E-state index is 11.9. The Balaban J connectivity index is 1.37. The summed E-state index contributed by atoms with van der Waals surface area (Å²) in [4.78, 5) is 27.5. The molecule has 1 aromatic heterocycles. The molecule has 1 N–H and O–H groups in total. The average molecular weight is 461 g/mol. The minimum atomic E-state index is -0.699. The first-order valence-corrected chi connectivity index (χ1v) is 9.91. The van der Waals surface area contributed by atoms with E-state index in [1.807, 2.05) is 30.3 Å². The van der Waals surface area contributed by atoms with Gasteiger partial charge in [-0.25, -0.2) is 9.78 Å². The van der Waals surface area contributed by atoms with Crippen molar-refractivity contribution in [2.75, 3.05) is 18.5 Å². The minimum absolute atomic E-state index is 0.123. The van der Waals surface area contributed by atoms with Crippen LogP contribution in [0.15, 0.2) is 66.9 Å². The Morgan fingerprint density at radius 3 is 2.26 bits per heavy atom. The first-order valence-electron chi connectivity index (χ1n) is 9.16. The molecule has 0 spiro atoms. The quantitative estimate of drug-likeness (QED) is 0.472. The largest absolute Gasteiger partial charge is 0.489 e. The molecule has 0 aliphatic carbocycles. The molecule has 7 nitrogen and oxygen atoms in total. The van der Waals surface area contributed by atoms with E-state index in [2.05, 4.69) is 10.3 Å². The number of hydrogen-bond donors (Lipinski definition) is 1. The van der Waals surface area contributed by atoms with Gasteiger partial charge in [-0.05, 0) is 35.9 Å². The summed E-state index contributed by atoms with van der Waals surface area (Å²) in [6.07, 6.45) is 1.33. The summed E-state index contributed by atoms with van der Waals surface area (Å²) in [5, 5.41) is 2.93. The summed E-state index contributed by atoms with van der Waals surface area (Å²) in [6.45, 7) is -0.404. The van der Waals surface area contributed by atoms with E-state index < -0.39 is 18.5 Å². The summed E-state index contributed by atoms with van der Waals surface area (Å²) in [7, 11) is 0. The lowest BCUT2D eigenvalue weighted by atomic mass is 10.2. The highest BCUT2D eigenvalue weighted by Crippen LogP contribution is 2.22. The Bertz CT molecular complexity index is 1030. The van der Waals surface area contributed by atoms with Gasteiger partial charge < -0.3 is 19.5 Å². The van der Waals surface area contributed by atoms with Gasteiger partial charge in [0.05, 0.1) is 10.0 Å². The van der Waals surface area contributed by atoms with Crippen molar-refractivity contribution in [1.29, 1.82) is 0 Å². The van der Waals surface area contributed by atoms with Gasteiger partial charge in [0.1, 0.15) is 18.1 Å². The molecule has 2 aromatic carbocycles. The van der Waals surface area contributed by atoms with Crippen LogP contribution in [0.25, 0.3) is 0 Å². The zero-order valence-electron chi connectivity index (χ0n) is 16.2. The van der Waals surface area contributed by atoms with Crippen molar-refractivity contribution in [1.82, 2.24) is 4.98 Å². The summed E-state index contributed by atoms with van der Waals surface area (Å²) < 4.78 is 15.9. The van der Waals surface area contributed by atoms with Gasteiger partial charge in [0.2, 0.25) is 0 Å². The molecule has 0 fully saturated rings. The molecule has 0 atom stereocenters. The standard InChI is InChI=1S/C22H18Cl2N2O5/c23-16-10-19(24)22(25-11-16)26-20(27)13-31-21(28)14-30-18-8-6-17(7-9-18)29-12-15-4-2-1-3-5-15/h1-11H,12-14H2,(H,25,26,27). The number of rotatable bonds is 9. The third-order valence-corrected chi connectivity index (χ3v) is 4.35. The Hall–Kier alpha value is -3.29. The van der Waals surface area contributed by atoms with Crippen molar-refractivity contribution in [3.63, 3.8) is 0 Å². The lowest BCUT2D eigenvalue weighted by Crippen LogP contribution is -2.24. The molecular weight excluding hydrogens is 443 g/mol. The van der Waals surface area contributed by atoms with Crippen molar-refractivity contribution < 1.29 is 23.8 Å². The van der Waals surface area contributed by atoms with Gasteiger partial charge in [-0.3, -0.25) is 4.79 Å². The van der Waals surface area contributed by atoms with Crippen LogP contribution in [0, 0.1) is 0 Å². The average Bonchev–Trinajstić information content (AvgIpc) is 2.78. The summed E-state index contributed by atoms with van der Waals surface area (Å²) in [5.41, 5.74) is 1.06. The highest BCUT2D eigenvalue weighted by molar-refractivity contribution is 6.36. The van der Waals surface area contributed by atoms with Crippen LogP contribution in [0.1, 0.15) is 5.56 Å². The second-order valence-corrected chi connectivity index (χ2v) is 7.07. The van der Waals surface area contributed by atoms with Gasteiger partial charge in [-0.2, -0.15) is 0 Å². The number of ether oxygens (including phenoxy) is 3. The lowest BCUT2D eigenvalue weighted by molar-refractivity contribution is -0.149. The molecule has 0 saturated heterocycles. The maximum absolute atomic E-state index is 11.9. The highest BCUT2D eigenvalue weighted by Gasteiger charge is 2.11. The number of carbonyl (C=O) groups is 2. The lowest BCUT2D eigenvalue weighted by Gasteiger charge is -2.09. The predicted molar refractivity (Wildman–Crippen MR) is 117 cm³/mol. The normalized spacial score (nSPS) is 10.3. The number of carbonyl (C=O) groups excluding carboxylic acids is 2. The summed E-state index contributed by atoms with van der Waals surface area (Å²) in [5.74, 6) is -0.0341. The number of nitrogens with one attached hydrogen (secondary N) is 1. The van der Waals surface area contributed by atoms with Crippen LogP contribution in [0.5, 0.6) is 11.5 Å². The van der Waals surface area contributed by atoms with Crippen LogP contribution < -0.4 is 14.8 Å².